The van der Waals surface area contributed by atoms with Crippen molar-refractivity contribution in [2.24, 2.45) is 0 Å². The quantitative estimate of drug-likeness (QED) is 0.461. The second-order valence-electron chi connectivity index (χ2n) is 6.31. The molecule has 5 nitrogen and oxygen atoms in total. The number of nitrogens with one attached hydrogen (secondary N) is 1. The van der Waals surface area contributed by atoms with E-state index in [0.29, 0.717) is 27.3 Å². The van der Waals surface area contributed by atoms with Crippen molar-refractivity contribution in [2.45, 2.75) is 19.8 Å². The minimum absolute atomic E-state index is 0. The van der Waals surface area contributed by atoms with Crippen LogP contribution in [0.25, 0.3) is 10.9 Å². The largest absolute Gasteiger partial charge is 0.496 e. The first-order valence-electron chi connectivity index (χ1n) is 8.46. The molecule has 7 heteroatoms. The lowest BCUT2D eigenvalue weighted by Crippen LogP contribution is -2.13. The summed E-state index contributed by atoms with van der Waals surface area (Å²) in [4.78, 5) is 28.8. The van der Waals surface area contributed by atoms with Crippen LogP contribution in [0.1, 0.15) is 40.0 Å². The first-order chi connectivity index (χ1) is 12.9. The van der Waals surface area contributed by atoms with Gasteiger partial charge >= 0.3 is 5.97 Å². The number of H-pyrrole nitrogens is 1. The van der Waals surface area contributed by atoms with Gasteiger partial charge in [-0.05, 0) is 55.8 Å². The van der Waals surface area contributed by atoms with E-state index < -0.39 is 5.92 Å². The zero-order valence-corrected chi connectivity index (χ0v) is 17.5. The van der Waals surface area contributed by atoms with Gasteiger partial charge in [0.15, 0.2) is 5.78 Å². The van der Waals surface area contributed by atoms with E-state index in [1.807, 2.05) is 13.0 Å². The van der Waals surface area contributed by atoms with E-state index in [4.69, 9.17) is 21.1 Å². The van der Waals surface area contributed by atoms with E-state index in [1.54, 1.807) is 37.3 Å². The van der Waals surface area contributed by atoms with Gasteiger partial charge in [0, 0.05) is 27.2 Å². The third-order valence-corrected chi connectivity index (χ3v) is 4.96. The lowest BCUT2D eigenvalue weighted by atomic mass is 9.91. The number of esters is 1. The summed E-state index contributed by atoms with van der Waals surface area (Å²) in [6.07, 6.45) is 0. The van der Waals surface area contributed by atoms with Crippen LogP contribution in [0.3, 0.4) is 0 Å². The lowest BCUT2D eigenvalue weighted by Gasteiger charge is -2.14. The summed E-state index contributed by atoms with van der Waals surface area (Å²) in [5, 5.41) is 1.22. The number of halogens is 2. The Balaban J connectivity index is 0.00000280. The molecule has 0 radical (unpaired) electrons. The van der Waals surface area contributed by atoms with Crippen molar-refractivity contribution in [3.8, 4) is 5.75 Å². The highest BCUT2D eigenvalue weighted by atomic mass is 35.5. The smallest absolute Gasteiger partial charge is 0.312 e. The van der Waals surface area contributed by atoms with Gasteiger partial charge in [-0.15, -0.1) is 12.4 Å². The Hall–Kier alpha value is -2.50. The monoisotopic (exact) mass is 421 g/mol. The molecule has 1 heterocycles. The van der Waals surface area contributed by atoms with Gasteiger partial charge < -0.3 is 14.5 Å². The van der Waals surface area contributed by atoms with Gasteiger partial charge in [-0.2, -0.15) is 0 Å². The van der Waals surface area contributed by atoms with E-state index in [0.717, 1.165) is 16.8 Å². The Morgan fingerprint density at radius 3 is 2.29 bits per heavy atom. The van der Waals surface area contributed by atoms with Crippen molar-refractivity contribution >= 4 is 46.7 Å². The Labute approximate surface area is 174 Å². The Kier molecular flexibility index (Phi) is 6.75. The summed E-state index contributed by atoms with van der Waals surface area (Å²) < 4.78 is 10.4. The van der Waals surface area contributed by atoms with Gasteiger partial charge in [0.25, 0.3) is 0 Å². The molecule has 1 aromatic heterocycles. The number of benzene rings is 2. The number of carbonyl (C=O) groups is 2. The van der Waals surface area contributed by atoms with Gasteiger partial charge in [-0.3, -0.25) is 9.59 Å². The number of aryl methyl sites for hydroxylation is 1. The maximum absolute atomic E-state index is 13.3. The average molecular weight is 422 g/mol. The van der Waals surface area contributed by atoms with Crippen LogP contribution in [0.15, 0.2) is 36.4 Å². The molecule has 148 valence electrons. The molecule has 1 N–H and O–H groups in total. The van der Waals surface area contributed by atoms with Crippen LogP contribution in [0.5, 0.6) is 5.75 Å². The van der Waals surface area contributed by atoms with Crippen molar-refractivity contribution in [1.82, 2.24) is 4.98 Å². The maximum Gasteiger partial charge on any atom is 0.312 e. The van der Waals surface area contributed by atoms with Gasteiger partial charge in [0.05, 0.1) is 25.7 Å². The minimum atomic E-state index is -0.535. The summed E-state index contributed by atoms with van der Waals surface area (Å²) in [5.74, 6) is -0.662. The van der Waals surface area contributed by atoms with E-state index in [1.165, 1.54) is 14.2 Å². The molecule has 0 saturated heterocycles. The number of hydrogen-bond acceptors (Lipinski definition) is 4. The summed E-state index contributed by atoms with van der Waals surface area (Å²) in [6.45, 7) is 3.63. The van der Waals surface area contributed by atoms with Gasteiger partial charge in [-0.25, -0.2) is 0 Å². The van der Waals surface area contributed by atoms with Crippen LogP contribution in [-0.4, -0.2) is 31.0 Å². The first-order valence-corrected chi connectivity index (χ1v) is 8.84. The highest BCUT2D eigenvalue weighted by Crippen LogP contribution is 2.37. The second kappa shape index (κ2) is 8.67. The normalized spacial score (nSPS) is 11.6. The van der Waals surface area contributed by atoms with Crippen LogP contribution < -0.4 is 4.74 Å². The number of carbonyl (C=O) groups excluding carboxylic acids is 2. The third kappa shape index (κ3) is 3.73. The number of fused-ring (bicyclic) bond motifs is 1. The summed E-state index contributed by atoms with van der Waals surface area (Å²) in [7, 11) is 2.87. The number of rotatable bonds is 5. The van der Waals surface area contributed by atoms with E-state index >= 15 is 0 Å². The fraction of sp³-hybridized carbons (Fsp3) is 0.238. The zero-order chi connectivity index (χ0) is 19.7. The second-order valence-corrected chi connectivity index (χ2v) is 6.75. The molecule has 0 saturated carbocycles. The van der Waals surface area contributed by atoms with Crippen LogP contribution in [0.4, 0.5) is 0 Å². The minimum Gasteiger partial charge on any atom is -0.496 e. The molecule has 2 aromatic carbocycles. The molecule has 1 unspecified atom stereocenters. The molecule has 0 fully saturated rings. The number of ether oxygens (including phenoxy) is 2. The van der Waals surface area contributed by atoms with Crippen LogP contribution >= 0.6 is 24.0 Å². The Bertz CT molecular complexity index is 1030. The number of aromatic nitrogens is 1. The van der Waals surface area contributed by atoms with Gasteiger partial charge in [0.1, 0.15) is 5.75 Å². The summed E-state index contributed by atoms with van der Waals surface area (Å²) in [6, 6.07) is 10.3. The average Bonchev–Trinajstić information content (AvgIpc) is 3.01. The van der Waals surface area contributed by atoms with E-state index in [9.17, 15) is 9.59 Å². The fourth-order valence-electron chi connectivity index (χ4n) is 3.40. The molecule has 0 aliphatic rings. The maximum atomic E-state index is 13.3. The Morgan fingerprint density at radius 2 is 1.71 bits per heavy atom. The SMILES string of the molecule is COC(=O)C(C)c1c(C)[nH]c2ccc(OC)c(C(=O)c3ccc(Cl)cc3)c12.Cl. The van der Waals surface area contributed by atoms with Crippen molar-refractivity contribution in [3.63, 3.8) is 0 Å². The van der Waals surface area contributed by atoms with Crippen molar-refractivity contribution in [3.05, 3.63) is 63.8 Å². The number of hydrogen-bond donors (Lipinski definition) is 1. The molecule has 3 rings (SSSR count). The standard InChI is InChI=1S/C21H20ClNO4.ClH/c1-11(21(25)27-4)17-12(2)23-15-9-10-16(26-3)19(18(15)17)20(24)13-5-7-14(22)8-6-13;/h5-11,23H,1-4H3;1H. The van der Waals surface area contributed by atoms with Crippen LogP contribution in [-0.2, 0) is 9.53 Å². The zero-order valence-electron chi connectivity index (χ0n) is 16.0. The highest BCUT2D eigenvalue weighted by molar-refractivity contribution is 6.30. The predicted molar refractivity (Wildman–Crippen MR) is 112 cm³/mol. The molecule has 0 spiro atoms. The first kappa shape index (κ1) is 21.8. The lowest BCUT2D eigenvalue weighted by molar-refractivity contribution is -0.141. The van der Waals surface area contributed by atoms with Gasteiger partial charge in [-0.1, -0.05) is 11.6 Å². The van der Waals surface area contributed by atoms with E-state index in [-0.39, 0.29) is 24.2 Å². The number of methoxy groups -OCH3 is 2. The molecule has 3 aromatic rings. The molecular formula is C21H21Cl2NO4. The molecule has 1 atom stereocenters. The van der Waals surface area contributed by atoms with Crippen molar-refractivity contribution in [1.29, 1.82) is 0 Å². The highest BCUT2D eigenvalue weighted by Gasteiger charge is 2.28. The predicted octanol–water partition coefficient (Wildman–Crippen LogP) is 5.07. The van der Waals surface area contributed by atoms with Crippen molar-refractivity contribution < 1.29 is 19.1 Å². The summed E-state index contributed by atoms with van der Waals surface area (Å²) >= 11 is 5.94. The molecule has 28 heavy (non-hydrogen) atoms. The van der Waals surface area contributed by atoms with Crippen LogP contribution in [0, 0.1) is 6.92 Å². The van der Waals surface area contributed by atoms with Crippen LogP contribution in [0.2, 0.25) is 5.02 Å². The molecule has 0 aliphatic heterocycles. The summed E-state index contributed by atoms with van der Waals surface area (Å²) in [5.41, 5.74) is 3.19. The van der Waals surface area contributed by atoms with Crippen molar-refractivity contribution in [2.75, 3.05) is 14.2 Å². The van der Waals surface area contributed by atoms with Gasteiger partial charge in [0.2, 0.25) is 0 Å². The molecule has 0 aliphatic carbocycles. The number of aromatic amines is 1. The third-order valence-electron chi connectivity index (χ3n) is 4.70. The molecule has 0 bridgehead atoms. The number of ketones is 1. The molecular weight excluding hydrogens is 401 g/mol. The van der Waals surface area contributed by atoms with E-state index in [2.05, 4.69) is 4.98 Å². The fourth-order valence-corrected chi connectivity index (χ4v) is 3.53. The Morgan fingerprint density at radius 1 is 1.07 bits per heavy atom. The topological polar surface area (TPSA) is 68.4 Å². The molecule has 0 amide bonds.